The Morgan fingerprint density at radius 2 is 1.14 bits per heavy atom. The van der Waals surface area contributed by atoms with E-state index < -0.39 is 0 Å². The Morgan fingerprint density at radius 3 is 1.57 bits per heavy atom. The van der Waals surface area contributed by atoms with Crippen LogP contribution in [0, 0.1) is 0 Å². The fourth-order valence-corrected chi connectivity index (χ4v) is 2.73. The predicted octanol–water partition coefficient (Wildman–Crippen LogP) is 6.26. The number of rotatable bonds is 4. The van der Waals surface area contributed by atoms with Gasteiger partial charge in [0.1, 0.15) is 0 Å². The molecule has 0 atom stereocenters. The Hall–Kier alpha value is -1.56. The normalized spacial score (nSPS) is 12.2. The lowest BCUT2D eigenvalue weighted by Crippen LogP contribution is -2.19. The molecule has 0 N–H and O–H groups in total. The van der Waals surface area contributed by atoms with Crippen molar-refractivity contribution in [2.45, 2.75) is 58.8 Å². The minimum atomic E-state index is 0.0375. The van der Waals surface area contributed by atoms with Gasteiger partial charge in [0.05, 0.1) is 0 Å². The maximum atomic E-state index is 2.39. The van der Waals surface area contributed by atoms with Crippen LogP contribution in [0.4, 0.5) is 0 Å². The summed E-state index contributed by atoms with van der Waals surface area (Å²) in [6, 6.07) is 18.0. The van der Waals surface area contributed by atoms with Crippen molar-refractivity contribution in [3.05, 3.63) is 70.8 Å². The van der Waals surface area contributed by atoms with Gasteiger partial charge in [0.25, 0.3) is 0 Å². The van der Waals surface area contributed by atoms with E-state index in [1.54, 1.807) is 0 Å². The highest BCUT2D eigenvalue weighted by Gasteiger charge is 2.24. The molecule has 0 fully saturated rings. The molecule has 21 heavy (non-hydrogen) atoms. The van der Waals surface area contributed by atoms with Gasteiger partial charge in [-0.1, -0.05) is 90.1 Å². The van der Waals surface area contributed by atoms with E-state index in [0.717, 1.165) is 0 Å². The predicted molar refractivity (Wildman–Crippen MR) is 93.2 cm³/mol. The maximum Gasteiger partial charge on any atom is 0.0146 e. The van der Waals surface area contributed by atoms with Crippen molar-refractivity contribution in [3.8, 4) is 0 Å². The summed E-state index contributed by atoms with van der Waals surface area (Å²) in [6.07, 6.45) is 0. The van der Waals surface area contributed by atoms with Crippen LogP contribution in [0.2, 0.25) is 0 Å². The second-order valence-corrected chi connectivity index (χ2v) is 7.19. The third kappa shape index (κ3) is 3.37. The second kappa shape index (κ2) is 6.05. The second-order valence-electron chi connectivity index (χ2n) is 7.19. The SMILES string of the molecule is CC(C)c1cc(C(C)C)cc(C(C)(C)c2ccccc2)c1. The van der Waals surface area contributed by atoms with Gasteiger partial charge in [0, 0.05) is 5.41 Å². The van der Waals surface area contributed by atoms with E-state index in [1.165, 1.54) is 22.3 Å². The van der Waals surface area contributed by atoms with Crippen LogP contribution in [0.3, 0.4) is 0 Å². The van der Waals surface area contributed by atoms with Crippen molar-refractivity contribution in [1.29, 1.82) is 0 Å². The molecule has 2 rings (SSSR count). The third-order valence-electron chi connectivity index (χ3n) is 4.53. The highest BCUT2D eigenvalue weighted by molar-refractivity contribution is 5.43. The Morgan fingerprint density at radius 1 is 0.667 bits per heavy atom. The van der Waals surface area contributed by atoms with Gasteiger partial charge in [-0.3, -0.25) is 0 Å². The lowest BCUT2D eigenvalue weighted by Gasteiger charge is -2.28. The van der Waals surface area contributed by atoms with Crippen LogP contribution in [0.5, 0.6) is 0 Å². The zero-order valence-corrected chi connectivity index (χ0v) is 14.3. The van der Waals surface area contributed by atoms with Crippen molar-refractivity contribution in [2.75, 3.05) is 0 Å². The van der Waals surface area contributed by atoms with E-state index in [1.807, 2.05) is 0 Å². The summed E-state index contributed by atoms with van der Waals surface area (Å²) < 4.78 is 0. The highest BCUT2D eigenvalue weighted by atomic mass is 14.3. The smallest absolute Gasteiger partial charge is 0.0146 e. The Bertz CT molecular complexity index is 562. The molecule has 0 saturated heterocycles. The molecule has 112 valence electrons. The standard InChI is InChI=1S/C21H28/c1-15(2)17-12-18(16(3)4)14-20(13-17)21(5,6)19-10-8-7-9-11-19/h7-16H,1-6H3. The summed E-state index contributed by atoms with van der Waals surface area (Å²) in [6.45, 7) is 13.8. The molecule has 2 aromatic rings. The van der Waals surface area contributed by atoms with Gasteiger partial charge >= 0.3 is 0 Å². The number of hydrogen-bond acceptors (Lipinski definition) is 0. The van der Waals surface area contributed by atoms with Gasteiger partial charge in [-0.25, -0.2) is 0 Å². The molecule has 0 amide bonds. The molecule has 0 heterocycles. The van der Waals surface area contributed by atoms with Crippen LogP contribution in [-0.2, 0) is 5.41 Å². The molecule has 2 aromatic carbocycles. The first kappa shape index (κ1) is 15.8. The molecule has 0 spiro atoms. The fourth-order valence-electron chi connectivity index (χ4n) is 2.73. The van der Waals surface area contributed by atoms with Crippen LogP contribution in [0.1, 0.15) is 75.6 Å². The molecule has 0 aliphatic carbocycles. The molecule has 0 radical (unpaired) electrons. The minimum absolute atomic E-state index is 0.0375. The summed E-state index contributed by atoms with van der Waals surface area (Å²) in [5.41, 5.74) is 5.72. The molecule has 0 unspecified atom stereocenters. The number of benzene rings is 2. The van der Waals surface area contributed by atoms with E-state index in [-0.39, 0.29) is 5.41 Å². The Labute approximate surface area is 130 Å². The average Bonchev–Trinajstić information content (AvgIpc) is 2.47. The first-order chi connectivity index (χ1) is 9.82. The van der Waals surface area contributed by atoms with E-state index in [9.17, 15) is 0 Å². The summed E-state index contributed by atoms with van der Waals surface area (Å²) in [5.74, 6) is 1.13. The van der Waals surface area contributed by atoms with Crippen molar-refractivity contribution in [3.63, 3.8) is 0 Å². The largest absolute Gasteiger partial charge is 0.0622 e. The van der Waals surface area contributed by atoms with Gasteiger partial charge < -0.3 is 0 Å². The van der Waals surface area contributed by atoms with Crippen LogP contribution in [0.25, 0.3) is 0 Å². The summed E-state index contributed by atoms with van der Waals surface area (Å²) >= 11 is 0. The molecule has 0 heteroatoms. The van der Waals surface area contributed by atoms with Gasteiger partial charge in [-0.2, -0.15) is 0 Å². The molecule has 0 aliphatic heterocycles. The van der Waals surface area contributed by atoms with Crippen LogP contribution >= 0.6 is 0 Å². The lowest BCUT2D eigenvalue weighted by molar-refractivity contribution is 0.635. The first-order valence-electron chi connectivity index (χ1n) is 8.03. The molecule has 0 nitrogen and oxygen atoms in total. The topological polar surface area (TPSA) is 0 Å². The molecular formula is C21H28. The zero-order valence-electron chi connectivity index (χ0n) is 14.3. The van der Waals surface area contributed by atoms with Crippen molar-refractivity contribution in [2.24, 2.45) is 0 Å². The Kier molecular flexibility index (Phi) is 4.56. The lowest BCUT2D eigenvalue weighted by atomic mass is 9.76. The molecule has 0 bridgehead atoms. The van der Waals surface area contributed by atoms with E-state index in [4.69, 9.17) is 0 Å². The highest BCUT2D eigenvalue weighted by Crippen LogP contribution is 2.35. The summed E-state index contributed by atoms with van der Waals surface area (Å²) in [5, 5.41) is 0. The Balaban J connectivity index is 2.57. The van der Waals surface area contributed by atoms with Crippen molar-refractivity contribution in [1.82, 2.24) is 0 Å². The van der Waals surface area contributed by atoms with Crippen molar-refractivity contribution >= 4 is 0 Å². The molecule has 0 aliphatic rings. The van der Waals surface area contributed by atoms with Crippen LogP contribution < -0.4 is 0 Å². The van der Waals surface area contributed by atoms with Crippen LogP contribution in [0.15, 0.2) is 48.5 Å². The first-order valence-corrected chi connectivity index (χ1v) is 8.03. The van der Waals surface area contributed by atoms with Gasteiger partial charge in [0.2, 0.25) is 0 Å². The van der Waals surface area contributed by atoms with E-state index in [0.29, 0.717) is 11.8 Å². The molecular weight excluding hydrogens is 252 g/mol. The third-order valence-corrected chi connectivity index (χ3v) is 4.53. The average molecular weight is 280 g/mol. The quantitative estimate of drug-likeness (QED) is 0.620. The monoisotopic (exact) mass is 280 g/mol. The summed E-state index contributed by atoms with van der Waals surface area (Å²) in [4.78, 5) is 0. The maximum absolute atomic E-state index is 2.39. The molecule has 0 aromatic heterocycles. The van der Waals surface area contributed by atoms with Gasteiger partial charge in [0.15, 0.2) is 0 Å². The van der Waals surface area contributed by atoms with E-state index >= 15 is 0 Å². The summed E-state index contributed by atoms with van der Waals surface area (Å²) in [7, 11) is 0. The molecule has 0 saturated carbocycles. The van der Waals surface area contributed by atoms with Crippen molar-refractivity contribution < 1.29 is 0 Å². The fraction of sp³-hybridized carbons (Fsp3) is 0.429. The van der Waals surface area contributed by atoms with Crippen LogP contribution in [-0.4, -0.2) is 0 Å². The van der Waals surface area contributed by atoms with Gasteiger partial charge in [-0.15, -0.1) is 0 Å². The minimum Gasteiger partial charge on any atom is -0.0622 e. The van der Waals surface area contributed by atoms with Gasteiger partial charge in [-0.05, 0) is 34.1 Å². The van der Waals surface area contributed by atoms with E-state index in [2.05, 4.69) is 90.1 Å². The number of hydrogen-bond donors (Lipinski definition) is 0. The zero-order chi connectivity index (χ0) is 15.6.